The molecule has 10 nitrogen and oxygen atoms in total. The fourth-order valence-electron chi connectivity index (χ4n) is 3.24. The zero-order chi connectivity index (χ0) is 20.3. The van der Waals surface area contributed by atoms with Crippen molar-refractivity contribution in [2.75, 3.05) is 18.1 Å². The average molecular weight is 407 g/mol. The van der Waals surface area contributed by atoms with Crippen LogP contribution in [0.5, 0.6) is 0 Å². The van der Waals surface area contributed by atoms with Crippen molar-refractivity contribution in [2.45, 2.75) is 32.4 Å². The summed E-state index contributed by atoms with van der Waals surface area (Å²) in [6, 6.07) is 6.20. The van der Waals surface area contributed by atoms with E-state index in [4.69, 9.17) is 4.74 Å². The smallest absolute Gasteiger partial charge is 0.341 e. The number of carbonyl (C=O) groups excluding carboxylic acids is 2. The number of sulfone groups is 1. The van der Waals surface area contributed by atoms with E-state index in [2.05, 4.69) is 15.5 Å². The number of aromatic nitrogens is 4. The van der Waals surface area contributed by atoms with Gasteiger partial charge in [-0.15, -0.1) is 5.10 Å². The van der Waals surface area contributed by atoms with Crippen LogP contribution < -0.4 is 0 Å². The zero-order valence-electron chi connectivity index (χ0n) is 15.6. The summed E-state index contributed by atoms with van der Waals surface area (Å²) in [5.41, 5.74) is 0.632. The molecule has 1 aromatic carbocycles. The van der Waals surface area contributed by atoms with Crippen molar-refractivity contribution in [3.63, 3.8) is 0 Å². The summed E-state index contributed by atoms with van der Waals surface area (Å²) in [4.78, 5) is 26.9. The predicted octanol–water partition coefficient (Wildman–Crippen LogP) is 0.243. The Morgan fingerprint density at radius 2 is 2.11 bits per heavy atom. The molecule has 1 aliphatic heterocycles. The number of esters is 1. The molecule has 0 aliphatic carbocycles. The van der Waals surface area contributed by atoms with Crippen LogP contribution in [0.1, 0.15) is 30.6 Å². The highest BCUT2D eigenvalue weighted by Gasteiger charge is 2.36. The molecule has 11 heteroatoms. The lowest BCUT2D eigenvalue weighted by atomic mass is 10.1. The average Bonchev–Trinajstić information content (AvgIpc) is 3.32. The summed E-state index contributed by atoms with van der Waals surface area (Å²) in [5.74, 6) is -1.11. The Morgan fingerprint density at radius 1 is 1.36 bits per heavy atom. The SMILES string of the molecule is CCN(C(=O)[C@H](C)OC(=O)c1ccccc1-n1cnnn1)[C@@H]1CCS(=O)(=O)C1. The Hall–Kier alpha value is -2.82. The fourth-order valence-corrected chi connectivity index (χ4v) is 4.97. The number of hydrogen-bond donors (Lipinski definition) is 0. The van der Waals surface area contributed by atoms with Crippen LogP contribution >= 0.6 is 0 Å². The quantitative estimate of drug-likeness (QED) is 0.624. The Bertz CT molecular complexity index is 960. The normalized spacial score (nSPS) is 19.1. The van der Waals surface area contributed by atoms with Crippen LogP contribution in [0.15, 0.2) is 30.6 Å². The van der Waals surface area contributed by atoms with Crippen LogP contribution in [-0.4, -0.2) is 75.6 Å². The number of benzene rings is 1. The number of amides is 1. The van der Waals surface area contributed by atoms with Crippen molar-refractivity contribution in [1.29, 1.82) is 0 Å². The van der Waals surface area contributed by atoms with Gasteiger partial charge in [0.25, 0.3) is 5.91 Å². The van der Waals surface area contributed by atoms with Gasteiger partial charge in [-0.25, -0.2) is 13.2 Å². The molecule has 28 heavy (non-hydrogen) atoms. The van der Waals surface area contributed by atoms with E-state index in [1.54, 1.807) is 31.2 Å². The monoisotopic (exact) mass is 407 g/mol. The van der Waals surface area contributed by atoms with E-state index in [1.807, 2.05) is 0 Å². The van der Waals surface area contributed by atoms with E-state index >= 15 is 0 Å². The molecule has 150 valence electrons. The van der Waals surface area contributed by atoms with Gasteiger partial charge < -0.3 is 9.64 Å². The van der Waals surface area contributed by atoms with Crippen molar-refractivity contribution in [1.82, 2.24) is 25.1 Å². The maximum absolute atomic E-state index is 12.8. The number of likely N-dealkylation sites (N-methyl/N-ethyl adjacent to an activating group) is 1. The summed E-state index contributed by atoms with van der Waals surface area (Å²) in [6.45, 7) is 3.58. The minimum atomic E-state index is -3.13. The lowest BCUT2D eigenvalue weighted by Crippen LogP contribution is -2.46. The molecule has 2 atom stereocenters. The van der Waals surface area contributed by atoms with Crippen molar-refractivity contribution >= 4 is 21.7 Å². The first-order chi connectivity index (χ1) is 13.3. The van der Waals surface area contributed by atoms with Gasteiger partial charge in [0.1, 0.15) is 6.33 Å². The van der Waals surface area contributed by atoms with E-state index in [-0.39, 0.29) is 17.1 Å². The lowest BCUT2D eigenvalue weighted by Gasteiger charge is -2.29. The minimum absolute atomic E-state index is 0.0601. The molecular formula is C17H21N5O5S. The molecule has 0 saturated carbocycles. The summed E-state index contributed by atoms with van der Waals surface area (Å²) in [6.07, 6.45) is 0.683. The Kier molecular flexibility index (Phi) is 5.73. The first kappa shape index (κ1) is 19.9. The van der Waals surface area contributed by atoms with Gasteiger partial charge in [-0.3, -0.25) is 4.79 Å². The van der Waals surface area contributed by atoms with Gasteiger partial charge >= 0.3 is 5.97 Å². The molecule has 1 amide bonds. The minimum Gasteiger partial charge on any atom is -0.449 e. The zero-order valence-corrected chi connectivity index (χ0v) is 16.4. The molecule has 1 aliphatic rings. The van der Waals surface area contributed by atoms with Crippen LogP contribution in [0, 0.1) is 0 Å². The maximum atomic E-state index is 12.8. The summed E-state index contributed by atoms with van der Waals surface area (Å²) in [5, 5.41) is 10.9. The van der Waals surface area contributed by atoms with Gasteiger partial charge in [0.2, 0.25) is 0 Å². The Morgan fingerprint density at radius 3 is 2.71 bits per heavy atom. The molecular weight excluding hydrogens is 386 g/mol. The summed E-state index contributed by atoms with van der Waals surface area (Å²) >= 11 is 0. The summed E-state index contributed by atoms with van der Waals surface area (Å²) in [7, 11) is -3.13. The standard InChI is InChI=1S/C17H21N5O5S/c1-3-21(13-8-9-28(25,26)10-13)16(23)12(2)27-17(24)14-6-4-5-7-15(14)22-11-18-19-20-22/h4-7,11-13H,3,8-10H2,1-2H3/t12-,13+/m0/s1. The lowest BCUT2D eigenvalue weighted by molar-refractivity contribution is -0.141. The van der Waals surface area contributed by atoms with Gasteiger partial charge in [-0.05, 0) is 42.8 Å². The van der Waals surface area contributed by atoms with Gasteiger partial charge in [0.15, 0.2) is 15.9 Å². The molecule has 0 bridgehead atoms. The predicted molar refractivity (Wildman–Crippen MR) is 98.5 cm³/mol. The molecule has 1 saturated heterocycles. The number of ether oxygens (including phenoxy) is 1. The molecule has 0 radical (unpaired) electrons. The largest absolute Gasteiger partial charge is 0.449 e. The number of para-hydroxylation sites is 1. The van der Waals surface area contributed by atoms with Crippen LogP contribution in [0.4, 0.5) is 0 Å². The van der Waals surface area contributed by atoms with Crippen LogP contribution in [0.25, 0.3) is 5.69 Å². The first-order valence-electron chi connectivity index (χ1n) is 8.86. The van der Waals surface area contributed by atoms with E-state index in [0.29, 0.717) is 18.7 Å². The van der Waals surface area contributed by atoms with Gasteiger partial charge in [-0.2, -0.15) is 4.68 Å². The third-order valence-electron chi connectivity index (χ3n) is 4.62. The van der Waals surface area contributed by atoms with Crippen LogP contribution in [-0.2, 0) is 19.4 Å². The molecule has 2 aromatic rings. The molecule has 0 spiro atoms. The van der Waals surface area contributed by atoms with E-state index in [1.165, 1.54) is 22.8 Å². The fraction of sp³-hybridized carbons (Fsp3) is 0.471. The van der Waals surface area contributed by atoms with E-state index in [0.717, 1.165) is 0 Å². The molecule has 1 aromatic heterocycles. The van der Waals surface area contributed by atoms with E-state index in [9.17, 15) is 18.0 Å². The molecule has 2 heterocycles. The number of hydrogen-bond acceptors (Lipinski definition) is 8. The summed E-state index contributed by atoms with van der Waals surface area (Å²) < 4.78 is 30.1. The maximum Gasteiger partial charge on any atom is 0.341 e. The molecule has 3 rings (SSSR count). The molecule has 0 unspecified atom stereocenters. The highest BCUT2D eigenvalue weighted by Crippen LogP contribution is 2.20. The van der Waals surface area contributed by atoms with Crippen LogP contribution in [0.2, 0.25) is 0 Å². The third-order valence-corrected chi connectivity index (χ3v) is 6.37. The Labute approximate surface area is 162 Å². The highest BCUT2D eigenvalue weighted by molar-refractivity contribution is 7.91. The second-order valence-electron chi connectivity index (χ2n) is 6.50. The number of carbonyl (C=O) groups is 2. The second-order valence-corrected chi connectivity index (χ2v) is 8.73. The number of nitrogens with zero attached hydrogens (tertiary/aromatic N) is 5. The topological polar surface area (TPSA) is 124 Å². The number of rotatable bonds is 6. The second kappa shape index (κ2) is 8.05. The first-order valence-corrected chi connectivity index (χ1v) is 10.7. The third kappa shape index (κ3) is 4.19. The van der Waals surface area contributed by atoms with Crippen molar-refractivity contribution < 1.29 is 22.7 Å². The van der Waals surface area contributed by atoms with Crippen molar-refractivity contribution in [3.8, 4) is 5.69 Å². The van der Waals surface area contributed by atoms with E-state index < -0.39 is 33.9 Å². The molecule has 0 N–H and O–H groups in total. The van der Waals surface area contributed by atoms with Crippen molar-refractivity contribution in [2.24, 2.45) is 0 Å². The van der Waals surface area contributed by atoms with Gasteiger partial charge in [0, 0.05) is 12.6 Å². The Balaban J connectivity index is 1.73. The number of tetrazole rings is 1. The van der Waals surface area contributed by atoms with Gasteiger partial charge in [0.05, 0.1) is 22.8 Å². The molecule has 1 fully saturated rings. The van der Waals surface area contributed by atoms with Gasteiger partial charge in [-0.1, -0.05) is 12.1 Å². The van der Waals surface area contributed by atoms with Crippen molar-refractivity contribution in [3.05, 3.63) is 36.2 Å². The van der Waals surface area contributed by atoms with Crippen LogP contribution in [0.3, 0.4) is 0 Å². The highest BCUT2D eigenvalue weighted by atomic mass is 32.2.